The minimum Gasteiger partial charge on any atom is -0.344 e. The van der Waals surface area contributed by atoms with Gasteiger partial charge in [0, 0.05) is 11.8 Å². The summed E-state index contributed by atoms with van der Waals surface area (Å²) in [6.45, 7) is 11.9. The van der Waals surface area contributed by atoms with E-state index < -0.39 is 47.3 Å². The van der Waals surface area contributed by atoms with Crippen LogP contribution < -0.4 is 21.3 Å². The van der Waals surface area contributed by atoms with E-state index in [2.05, 4.69) is 26.2 Å². The van der Waals surface area contributed by atoms with Crippen LogP contribution in [0, 0.1) is 17.3 Å². The Kier molecular flexibility index (Phi) is 15.4. The summed E-state index contributed by atoms with van der Waals surface area (Å²) in [6, 6.07) is 15.8. The summed E-state index contributed by atoms with van der Waals surface area (Å²) < 4.78 is 0. The highest BCUT2D eigenvalue weighted by molar-refractivity contribution is 5.97. The van der Waals surface area contributed by atoms with Crippen LogP contribution in [-0.2, 0) is 36.8 Å². The minimum absolute atomic E-state index is 0.0353. The number of benzene rings is 2. The molecule has 4 rings (SSSR count). The molecule has 2 aliphatic rings. The van der Waals surface area contributed by atoms with Gasteiger partial charge in [0.1, 0.15) is 18.1 Å². The number of hydrogen-bond donors (Lipinski definition) is 4. The lowest BCUT2D eigenvalue weighted by atomic mass is 9.91. The third-order valence-electron chi connectivity index (χ3n) is 10.2. The summed E-state index contributed by atoms with van der Waals surface area (Å²) in [5, 5.41) is 11.9. The van der Waals surface area contributed by atoms with Gasteiger partial charge in [0.2, 0.25) is 23.6 Å². The fourth-order valence-electron chi connectivity index (χ4n) is 6.92. The third-order valence-corrected chi connectivity index (χ3v) is 10.2. The van der Waals surface area contributed by atoms with Crippen LogP contribution in [0.25, 0.3) is 0 Å². The van der Waals surface area contributed by atoms with Gasteiger partial charge in [0.15, 0.2) is 5.78 Å². The van der Waals surface area contributed by atoms with Crippen LogP contribution in [0.1, 0.15) is 97.1 Å². The van der Waals surface area contributed by atoms with Gasteiger partial charge in [-0.3, -0.25) is 28.9 Å². The number of piperidine rings is 1. The number of hydrogen-bond acceptors (Lipinski definition) is 6. The topological polar surface area (TPSA) is 137 Å². The lowest BCUT2D eigenvalue weighted by molar-refractivity contribution is -0.135. The van der Waals surface area contributed by atoms with Crippen LogP contribution >= 0.6 is 0 Å². The van der Waals surface area contributed by atoms with Gasteiger partial charge >= 0.3 is 0 Å². The SMILES string of the molecule is CC(C)C[C@H](NC(=O)[C@H](CCc1ccccc1)NC(=O)CN1CCCCC1)C(=O)N[C@@H](Cc1ccccc1)C(=O)N[C@@H](CC(C)C)C(=O)C1(C)CC1. The van der Waals surface area contributed by atoms with Crippen molar-refractivity contribution in [3.05, 3.63) is 71.8 Å². The van der Waals surface area contributed by atoms with Crippen LogP contribution in [0.3, 0.4) is 0 Å². The molecule has 52 heavy (non-hydrogen) atoms. The van der Waals surface area contributed by atoms with Crippen LogP contribution in [0.5, 0.6) is 0 Å². The Labute approximate surface area is 310 Å². The standard InChI is InChI=1S/C42H61N5O5/c1-29(2)25-34(38(49)42(5)21-22-42)44-41(52)36(27-32-17-11-7-12-18-32)46-40(51)35(26-30(3)4)45-39(50)33(20-19-31-15-9-6-10-16-31)43-37(48)28-47-23-13-8-14-24-47/h6-7,9-12,15-18,29-30,33-36H,8,13-14,19-28H2,1-5H3,(H,43,48)(H,44,52)(H,45,50)(H,46,51)/t33-,34-,35-,36-/m0/s1. The van der Waals surface area contributed by atoms with Gasteiger partial charge in [-0.2, -0.15) is 0 Å². The molecule has 2 aromatic rings. The van der Waals surface area contributed by atoms with E-state index in [1.165, 1.54) is 0 Å². The average molecular weight is 716 g/mol. The van der Waals surface area contributed by atoms with E-state index in [0.29, 0.717) is 25.7 Å². The van der Waals surface area contributed by atoms with Crippen LogP contribution in [0.4, 0.5) is 0 Å². The van der Waals surface area contributed by atoms with Gasteiger partial charge in [-0.05, 0) is 87.4 Å². The van der Waals surface area contributed by atoms with Crippen molar-refractivity contribution in [1.82, 2.24) is 26.2 Å². The second kappa shape index (κ2) is 19.7. The van der Waals surface area contributed by atoms with Crippen molar-refractivity contribution in [1.29, 1.82) is 0 Å². The molecule has 0 spiro atoms. The van der Waals surface area contributed by atoms with Crippen molar-refractivity contribution >= 4 is 29.4 Å². The molecule has 1 heterocycles. The highest BCUT2D eigenvalue weighted by atomic mass is 16.2. The summed E-state index contributed by atoms with van der Waals surface area (Å²) in [6.07, 6.45) is 6.85. The molecule has 1 saturated heterocycles. The monoisotopic (exact) mass is 715 g/mol. The summed E-state index contributed by atoms with van der Waals surface area (Å²) in [4.78, 5) is 70.9. The van der Waals surface area contributed by atoms with Crippen molar-refractivity contribution in [3.63, 3.8) is 0 Å². The van der Waals surface area contributed by atoms with Gasteiger partial charge in [-0.1, -0.05) is 102 Å². The molecule has 4 N–H and O–H groups in total. The zero-order chi connectivity index (χ0) is 37.7. The van der Waals surface area contributed by atoms with Crippen molar-refractivity contribution in [2.75, 3.05) is 19.6 Å². The van der Waals surface area contributed by atoms with Crippen molar-refractivity contribution in [2.24, 2.45) is 17.3 Å². The Morgan fingerprint density at radius 2 is 1.13 bits per heavy atom. The average Bonchev–Trinajstić information content (AvgIpc) is 3.87. The molecule has 10 nitrogen and oxygen atoms in total. The largest absolute Gasteiger partial charge is 0.344 e. The summed E-state index contributed by atoms with van der Waals surface area (Å²) >= 11 is 0. The van der Waals surface area contributed by atoms with Gasteiger partial charge < -0.3 is 21.3 Å². The smallest absolute Gasteiger partial charge is 0.243 e. The lowest BCUT2D eigenvalue weighted by Crippen LogP contribution is -2.59. The van der Waals surface area contributed by atoms with E-state index in [-0.39, 0.29) is 36.5 Å². The van der Waals surface area contributed by atoms with E-state index in [1.807, 2.05) is 95.3 Å². The minimum atomic E-state index is -0.978. The van der Waals surface area contributed by atoms with Crippen LogP contribution in [0.2, 0.25) is 0 Å². The Bertz CT molecular complexity index is 1470. The number of nitrogens with one attached hydrogen (secondary N) is 4. The number of nitrogens with zero attached hydrogens (tertiary/aromatic N) is 1. The number of carbonyl (C=O) groups is 5. The molecule has 1 saturated carbocycles. The number of ketones is 1. The molecule has 0 unspecified atom stereocenters. The Morgan fingerprint density at radius 3 is 1.71 bits per heavy atom. The summed E-state index contributed by atoms with van der Waals surface area (Å²) in [7, 11) is 0. The first-order chi connectivity index (χ1) is 24.8. The molecule has 0 bridgehead atoms. The number of carbonyl (C=O) groups excluding carboxylic acids is 5. The molecule has 2 fully saturated rings. The van der Waals surface area contributed by atoms with E-state index in [1.54, 1.807) is 0 Å². The molecular formula is C42H61N5O5. The molecule has 4 atom stereocenters. The van der Waals surface area contributed by atoms with Gasteiger partial charge in [0.25, 0.3) is 0 Å². The molecule has 10 heteroatoms. The first-order valence-corrected chi connectivity index (χ1v) is 19.4. The Balaban J connectivity index is 1.51. The molecule has 1 aliphatic carbocycles. The zero-order valence-electron chi connectivity index (χ0n) is 31.9. The number of aryl methyl sites for hydroxylation is 1. The second-order valence-electron chi connectivity index (χ2n) is 16.0. The van der Waals surface area contributed by atoms with Crippen molar-refractivity contribution < 1.29 is 24.0 Å². The maximum absolute atomic E-state index is 14.1. The molecular weight excluding hydrogens is 654 g/mol. The summed E-state index contributed by atoms with van der Waals surface area (Å²) in [5.41, 5.74) is 1.48. The third kappa shape index (κ3) is 13.2. The van der Waals surface area contributed by atoms with Crippen molar-refractivity contribution in [2.45, 2.75) is 123 Å². The predicted molar refractivity (Wildman–Crippen MR) is 204 cm³/mol. The van der Waals surface area contributed by atoms with Crippen LogP contribution in [-0.4, -0.2) is 78.1 Å². The number of likely N-dealkylation sites (tertiary alicyclic amines) is 1. The van der Waals surface area contributed by atoms with E-state index in [4.69, 9.17) is 0 Å². The number of amides is 4. The highest BCUT2D eigenvalue weighted by Gasteiger charge is 2.48. The van der Waals surface area contributed by atoms with Gasteiger partial charge in [-0.25, -0.2) is 0 Å². The maximum Gasteiger partial charge on any atom is 0.243 e. The van der Waals surface area contributed by atoms with Gasteiger partial charge in [0.05, 0.1) is 12.6 Å². The van der Waals surface area contributed by atoms with Crippen LogP contribution in [0.15, 0.2) is 60.7 Å². The fraction of sp³-hybridized carbons (Fsp3) is 0.595. The first-order valence-electron chi connectivity index (χ1n) is 19.4. The molecule has 0 aromatic heterocycles. The fourth-order valence-corrected chi connectivity index (χ4v) is 6.92. The molecule has 1 aliphatic heterocycles. The van der Waals surface area contributed by atoms with E-state index >= 15 is 0 Å². The normalized spacial score (nSPS) is 17.8. The summed E-state index contributed by atoms with van der Waals surface area (Å²) in [5.74, 6) is -1.31. The quantitative estimate of drug-likeness (QED) is 0.156. The Morgan fingerprint density at radius 1 is 0.635 bits per heavy atom. The molecule has 0 radical (unpaired) electrons. The molecule has 2 aromatic carbocycles. The lowest BCUT2D eigenvalue weighted by Gasteiger charge is -2.29. The van der Waals surface area contributed by atoms with Gasteiger partial charge in [-0.15, -0.1) is 0 Å². The molecule has 4 amide bonds. The van der Waals surface area contributed by atoms with E-state index in [9.17, 15) is 24.0 Å². The van der Waals surface area contributed by atoms with E-state index in [0.717, 1.165) is 56.3 Å². The molecule has 284 valence electrons. The number of rotatable bonds is 20. The highest BCUT2D eigenvalue weighted by Crippen LogP contribution is 2.47. The zero-order valence-corrected chi connectivity index (χ0v) is 31.9. The van der Waals surface area contributed by atoms with Crippen molar-refractivity contribution in [3.8, 4) is 0 Å². The first kappa shape index (κ1) is 40.7. The maximum atomic E-state index is 14.1. The predicted octanol–water partition coefficient (Wildman–Crippen LogP) is 4.75. The second-order valence-corrected chi connectivity index (χ2v) is 16.0. The number of Topliss-reactive ketones (excluding diaryl/α,β-unsaturated/α-hetero) is 1. The Hall–Kier alpha value is -4.05.